The molecule has 0 spiro atoms. The Morgan fingerprint density at radius 1 is 1.43 bits per heavy atom. The van der Waals surface area contributed by atoms with Gasteiger partial charge in [-0.05, 0) is 5.56 Å². The summed E-state index contributed by atoms with van der Waals surface area (Å²) in [6, 6.07) is 6.93. The van der Waals surface area contributed by atoms with Crippen molar-refractivity contribution in [1.29, 1.82) is 0 Å². The number of benzene rings is 1. The predicted octanol–water partition coefficient (Wildman–Crippen LogP) is 0.401. The van der Waals surface area contributed by atoms with Crippen LogP contribution in [0.1, 0.15) is 17.0 Å². The Balaban J connectivity index is 2.19. The number of hydrogen-bond donors (Lipinski definition) is 2. The highest BCUT2D eigenvalue weighted by atomic mass is 32.2. The first-order valence-corrected chi connectivity index (χ1v) is 8.08. The third kappa shape index (κ3) is 3.84. The van der Waals surface area contributed by atoms with Gasteiger partial charge in [-0.3, -0.25) is 5.10 Å². The van der Waals surface area contributed by atoms with E-state index in [-0.39, 0.29) is 17.3 Å². The van der Waals surface area contributed by atoms with Gasteiger partial charge in [0.05, 0.1) is 12.3 Å². The zero-order chi connectivity index (χ0) is 15.5. The summed E-state index contributed by atoms with van der Waals surface area (Å²) in [5.74, 6) is 0.300. The lowest BCUT2D eigenvalue weighted by Crippen LogP contribution is -2.29. The van der Waals surface area contributed by atoms with E-state index >= 15 is 0 Å². The van der Waals surface area contributed by atoms with Crippen molar-refractivity contribution in [3.05, 3.63) is 47.5 Å². The fraction of sp³-hybridized carbons (Fsp3) is 0.250. The van der Waals surface area contributed by atoms with Crippen LogP contribution in [0.5, 0.6) is 0 Å². The second-order valence-electron chi connectivity index (χ2n) is 4.47. The van der Waals surface area contributed by atoms with Crippen LogP contribution in [0.3, 0.4) is 0 Å². The normalized spacial score (nSPS) is 11.7. The Kier molecular flexibility index (Phi) is 4.66. The van der Waals surface area contributed by atoms with Crippen LogP contribution in [0.15, 0.2) is 30.6 Å². The van der Waals surface area contributed by atoms with E-state index in [0.29, 0.717) is 17.0 Å². The number of sulfonamides is 1. The maximum Gasteiger partial charge on any atom is 0.218 e. The summed E-state index contributed by atoms with van der Waals surface area (Å²) in [6.07, 6.45) is 1.33. The molecule has 3 N–H and O–H groups in total. The molecule has 0 atom stereocenters. The van der Waals surface area contributed by atoms with Gasteiger partial charge >= 0.3 is 0 Å². The topological polar surface area (TPSA) is 105 Å². The van der Waals surface area contributed by atoms with Gasteiger partial charge in [0.2, 0.25) is 10.0 Å². The Hall–Kier alpha value is -1.84. The molecule has 0 bridgehead atoms. The maximum absolute atomic E-state index is 12.4. The molecule has 0 unspecified atom stereocenters. The first-order chi connectivity index (χ1) is 9.90. The number of aromatic amines is 1. The van der Waals surface area contributed by atoms with Crippen LogP contribution in [0, 0.1) is 0 Å². The standard InChI is InChI=1S/C12H15N5O2S2/c1-17(6-11-14-8-15-16-11)21(18,19)7-9-4-2-3-5-10(9)12(13)20/h2-5,8H,6-7H2,1H3,(H2,13,20)(H,14,15,16). The van der Waals surface area contributed by atoms with Crippen LogP contribution in [-0.4, -0.2) is 39.9 Å². The molecule has 0 fully saturated rings. The number of nitrogens with zero attached hydrogens (tertiary/aromatic N) is 3. The van der Waals surface area contributed by atoms with Gasteiger partial charge in [0.15, 0.2) is 0 Å². The minimum Gasteiger partial charge on any atom is -0.389 e. The van der Waals surface area contributed by atoms with E-state index in [1.165, 1.54) is 17.7 Å². The van der Waals surface area contributed by atoms with E-state index in [9.17, 15) is 8.42 Å². The largest absolute Gasteiger partial charge is 0.389 e. The lowest BCUT2D eigenvalue weighted by Gasteiger charge is -2.17. The fourth-order valence-corrected chi connectivity index (χ4v) is 3.19. The molecule has 0 saturated heterocycles. The second-order valence-corrected chi connectivity index (χ2v) is 6.98. The predicted molar refractivity (Wildman–Crippen MR) is 82.8 cm³/mol. The van der Waals surface area contributed by atoms with Gasteiger partial charge in [-0.25, -0.2) is 13.4 Å². The molecule has 112 valence electrons. The number of hydrogen-bond acceptors (Lipinski definition) is 5. The molecular weight excluding hydrogens is 310 g/mol. The van der Waals surface area contributed by atoms with Gasteiger partial charge < -0.3 is 5.73 Å². The van der Waals surface area contributed by atoms with Crippen LogP contribution in [-0.2, 0) is 22.3 Å². The van der Waals surface area contributed by atoms with Crippen molar-refractivity contribution in [2.24, 2.45) is 5.73 Å². The van der Waals surface area contributed by atoms with E-state index in [4.69, 9.17) is 18.0 Å². The molecule has 1 aromatic heterocycles. The highest BCUT2D eigenvalue weighted by Gasteiger charge is 2.21. The van der Waals surface area contributed by atoms with Gasteiger partial charge in [-0.1, -0.05) is 36.5 Å². The maximum atomic E-state index is 12.4. The van der Waals surface area contributed by atoms with E-state index < -0.39 is 10.0 Å². The number of H-pyrrole nitrogens is 1. The molecule has 0 radical (unpaired) electrons. The molecule has 2 aromatic rings. The van der Waals surface area contributed by atoms with Crippen LogP contribution in [0.2, 0.25) is 0 Å². The smallest absolute Gasteiger partial charge is 0.218 e. The molecule has 21 heavy (non-hydrogen) atoms. The van der Waals surface area contributed by atoms with E-state index in [1.807, 2.05) is 0 Å². The zero-order valence-electron chi connectivity index (χ0n) is 11.4. The van der Waals surface area contributed by atoms with Gasteiger partial charge in [0.25, 0.3) is 0 Å². The van der Waals surface area contributed by atoms with E-state index in [1.54, 1.807) is 24.3 Å². The molecular formula is C12H15N5O2S2. The van der Waals surface area contributed by atoms with Crippen LogP contribution in [0.25, 0.3) is 0 Å². The molecule has 7 nitrogen and oxygen atoms in total. The average Bonchev–Trinajstić information content (AvgIpc) is 2.91. The summed E-state index contributed by atoms with van der Waals surface area (Å²) < 4.78 is 26.0. The molecule has 2 rings (SSSR count). The van der Waals surface area contributed by atoms with Crippen LogP contribution in [0.4, 0.5) is 0 Å². The van der Waals surface area contributed by atoms with Crippen molar-refractivity contribution in [1.82, 2.24) is 19.5 Å². The summed E-state index contributed by atoms with van der Waals surface area (Å²) in [4.78, 5) is 4.09. The molecule has 0 saturated carbocycles. The minimum atomic E-state index is -3.52. The SMILES string of the molecule is CN(Cc1ncn[nH]1)S(=O)(=O)Cc1ccccc1C(N)=S. The van der Waals surface area contributed by atoms with Gasteiger partial charge in [0.1, 0.15) is 17.1 Å². The lowest BCUT2D eigenvalue weighted by atomic mass is 10.1. The monoisotopic (exact) mass is 325 g/mol. The Bertz CT molecular complexity index is 728. The van der Waals surface area contributed by atoms with Crippen LogP contribution >= 0.6 is 12.2 Å². The van der Waals surface area contributed by atoms with Crippen molar-refractivity contribution in [2.75, 3.05) is 7.05 Å². The van der Waals surface area contributed by atoms with Crippen LogP contribution < -0.4 is 5.73 Å². The fourth-order valence-electron chi connectivity index (χ4n) is 1.81. The highest BCUT2D eigenvalue weighted by Crippen LogP contribution is 2.15. The third-order valence-electron chi connectivity index (χ3n) is 2.93. The number of nitrogens with one attached hydrogen (secondary N) is 1. The first-order valence-electron chi connectivity index (χ1n) is 6.06. The molecule has 1 aromatic carbocycles. The van der Waals surface area contributed by atoms with E-state index in [2.05, 4.69) is 15.2 Å². The summed E-state index contributed by atoms with van der Waals surface area (Å²) >= 11 is 4.94. The van der Waals surface area contributed by atoms with Gasteiger partial charge in [0, 0.05) is 12.6 Å². The van der Waals surface area contributed by atoms with Gasteiger partial charge in [-0.2, -0.15) is 9.40 Å². The molecule has 1 heterocycles. The second kappa shape index (κ2) is 6.29. The van der Waals surface area contributed by atoms with Crippen molar-refractivity contribution < 1.29 is 8.42 Å². The van der Waals surface area contributed by atoms with E-state index in [0.717, 1.165) is 0 Å². The summed E-state index contributed by atoms with van der Waals surface area (Å²) in [6.45, 7) is 0.123. The Morgan fingerprint density at radius 3 is 2.76 bits per heavy atom. The average molecular weight is 325 g/mol. The summed E-state index contributed by atoms with van der Waals surface area (Å²) in [5, 5.41) is 6.31. The number of aromatic nitrogens is 3. The molecule has 9 heteroatoms. The summed E-state index contributed by atoms with van der Waals surface area (Å²) in [5.41, 5.74) is 6.77. The minimum absolute atomic E-state index is 0.123. The molecule has 0 aliphatic carbocycles. The molecule has 0 aliphatic heterocycles. The number of rotatable bonds is 6. The number of nitrogens with two attached hydrogens (primary N) is 1. The third-order valence-corrected chi connectivity index (χ3v) is 4.91. The Morgan fingerprint density at radius 2 is 2.14 bits per heavy atom. The lowest BCUT2D eigenvalue weighted by molar-refractivity contribution is 0.456. The van der Waals surface area contributed by atoms with Crippen molar-refractivity contribution in [3.8, 4) is 0 Å². The Labute approximate surface area is 128 Å². The quantitative estimate of drug-likeness (QED) is 0.745. The van der Waals surface area contributed by atoms with Crippen molar-refractivity contribution in [3.63, 3.8) is 0 Å². The number of thiocarbonyl (C=S) groups is 1. The highest BCUT2D eigenvalue weighted by molar-refractivity contribution is 7.88. The van der Waals surface area contributed by atoms with Crippen molar-refractivity contribution >= 4 is 27.2 Å². The first kappa shape index (κ1) is 15.5. The molecule has 0 aliphatic rings. The van der Waals surface area contributed by atoms with Crippen molar-refractivity contribution in [2.45, 2.75) is 12.3 Å². The summed E-state index contributed by atoms with van der Waals surface area (Å²) in [7, 11) is -2.03. The van der Waals surface area contributed by atoms with Gasteiger partial charge in [-0.15, -0.1) is 0 Å². The molecule has 0 amide bonds. The zero-order valence-corrected chi connectivity index (χ0v) is 13.0.